The Kier molecular flexibility index (Phi) is 4.83. The second-order valence-corrected chi connectivity index (χ2v) is 5.72. The molecule has 4 N–H and O–H groups in total. The van der Waals surface area contributed by atoms with Crippen molar-refractivity contribution in [1.82, 2.24) is 0 Å². The third kappa shape index (κ3) is 4.31. The van der Waals surface area contributed by atoms with Crippen molar-refractivity contribution in [3.63, 3.8) is 0 Å². The maximum Gasteiger partial charge on any atom is 0.337 e. The van der Waals surface area contributed by atoms with E-state index in [1.807, 2.05) is 20.8 Å². The highest BCUT2D eigenvalue weighted by Crippen LogP contribution is 2.21. The van der Waals surface area contributed by atoms with Crippen LogP contribution >= 0.6 is 0 Å². The van der Waals surface area contributed by atoms with E-state index in [0.717, 1.165) is 12.1 Å². The molecule has 0 aliphatic heterocycles. The highest BCUT2D eigenvalue weighted by molar-refractivity contribution is 6.00. The van der Waals surface area contributed by atoms with Crippen molar-refractivity contribution in [2.45, 2.75) is 33.2 Å². The fraction of sp³-hybridized carbons (Fsp3) is 0.429. The van der Waals surface area contributed by atoms with Gasteiger partial charge in [0.05, 0.1) is 11.3 Å². The fourth-order valence-electron chi connectivity index (χ4n) is 1.51. The highest BCUT2D eigenvalue weighted by Gasteiger charge is 2.23. The summed E-state index contributed by atoms with van der Waals surface area (Å²) in [6, 6.07) is 2.81. The molecule has 1 aromatic rings. The zero-order valence-corrected chi connectivity index (χ0v) is 11.7. The number of anilines is 1. The number of hydrogen-bond donors (Lipinski definition) is 3. The lowest BCUT2D eigenvalue weighted by Gasteiger charge is -2.26. The molecule has 110 valence electrons. The summed E-state index contributed by atoms with van der Waals surface area (Å²) in [5.74, 6) is -2.38. The van der Waals surface area contributed by atoms with Crippen molar-refractivity contribution in [2.75, 3.05) is 5.32 Å². The van der Waals surface area contributed by atoms with E-state index in [1.54, 1.807) is 0 Å². The summed E-state index contributed by atoms with van der Waals surface area (Å²) in [7, 11) is 0. The number of aromatic carboxylic acids is 1. The number of amides is 1. The molecule has 1 amide bonds. The van der Waals surface area contributed by atoms with Gasteiger partial charge in [-0.3, -0.25) is 4.79 Å². The first-order valence-electron chi connectivity index (χ1n) is 6.19. The van der Waals surface area contributed by atoms with E-state index in [-0.39, 0.29) is 29.1 Å². The third-order valence-corrected chi connectivity index (χ3v) is 3.00. The Morgan fingerprint density at radius 2 is 2.00 bits per heavy atom. The number of nitrogens with two attached hydrogens (primary N) is 1. The number of rotatable bonds is 4. The largest absolute Gasteiger partial charge is 0.478 e. The van der Waals surface area contributed by atoms with Gasteiger partial charge in [0.1, 0.15) is 5.82 Å². The summed E-state index contributed by atoms with van der Waals surface area (Å²) in [5.41, 5.74) is 5.42. The molecule has 6 heteroatoms. The Balaban J connectivity index is 2.84. The smallest absolute Gasteiger partial charge is 0.337 e. The summed E-state index contributed by atoms with van der Waals surface area (Å²) in [4.78, 5) is 22.8. The van der Waals surface area contributed by atoms with Gasteiger partial charge in [0.2, 0.25) is 5.91 Å². The number of nitrogens with one attached hydrogen (secondary N) is 1. The molecular formula is C14H19FN2O3. The van der Waals surface area contributed by atoms with Gasteiger partial charge in [-0.25, -0.2) is 9.18 Å². The lowest BCUT2D eigenvalue weighted by atomic mass is 9.85. The molecule has 0 radical (unpaired) electrons. The van der Waals surface area contributed by atoms with Gasteiger partial charge >= 0.3 is 5.97 Å². The highest BCUT2D eigenvalue weighted by atomic mass is 19.1. The van der Waals surface area contributed by atoms with E-state index >= 15 is 0 Å². The van der Waals surface area contributed by atoms with Crippen LogP contribution in [-0.4, -0.2) is 23.0 Å². The molecule has 0 aromatic heterocycles. The van der Waals surface area contributed by atoms with E-state index in [0.29, 0.717) is 0 Å². The van der Waals surface area contributed by atoms with Crippen LogP contribution in [-0.2, 0) is 4.79 Å². The quantitative estimate of drug-likeness (QED) is 0.789. The summed E-state index contributed by atoms with van der Waals surface area (Å²) < 4.78 is 13.0. The summed E-state index contributed by atoms with van der Waals surface area (Å²) >= 11 is 0. The number of carbonyl (C=O) groups is 2. The number of halogens is 1. The minimum Gasteiger partial charge on any atom is -0.478 e. The maximum atomic E-state index is 13.0. The zero-order valence-electron chi connectivity index (χ0n) is 11.7. The first-order chi connectivity index (χ1) is 9.11. The average Bonchev–Trinajstić information content (AvgIpc) is 2.29. The van der Waals surface area contributed by atoms with Gasteiger partial charge in [-0.15, -0.1) is 0 Å². The molecule has 5 nitrogen and oxygen atoms in total. The number of benzene rings is 1. The van der Waals surface area contributed by atoms with E-state index in [2.05, 4.69) is 5.32 Å². The summed E-state index contributed by atoms with van der Waals surface area (Å²) in [6.07, 6.45) is 0.0555. The Hall–Kier alpha value is -1.95. The van der Waals surface area contributed by atoms with Crippen LogP contribution in [0.1, 0.15) is 37.6 Å². The lowest BCUT2D eigenvalue weighted by Crippen LogP contribution is -2.38. The first kappa shape index (κ1) is 16.1. The third-order valence-electron chi connectivity index (χ3n) is 3.00. The van der Waals surface area contributed by atoms with E-state index in [1.165, 1.54) is 6.07 Å². The fourth-order valence-corrected chi connectivity index (χ4v) is 1.51. The van der Waals surface area contributed by atoms with Gasteiger partial charge in [0.15, 0.2) is 0 Å². The van der Waals surface area contributed by atoms with E-state index in [4.69, 9.17) is 10.8 Å². The van der Waals surface area contributed by atoms with E-state index < -0.39 is 17.7 Å². The van der Waals surface area contributed by atoms with E-state index in [9.17, 15) is 14.0 Å². The standard InChI is InChI=1S/C14H19FN2O3/c1-14(2,3)11(16)7-12(18)17-10-5-4-8(15)6-9(10)13(19)20/h4-6,11H,7,16H2,1-3H3,(H,17,18)(H,19,20). The van der Waals surface area contributed by atoms with Crippen molar-refractivity contribution >= 4 is 17.6 Å². The predicted octanol–water partition coefficient (Wildman–Crippen LogP) is 2.23. The molecule has 0 aliphatic rings. The molecule has 0 heterocycles. The number of carbonyl (C=O) groups excluding carboxylic acids is 1. The Bertz CT molecular complexity index is 524. The normalized spacial score (nSPS) is 12.8. The summed E-state index contributed by atoms with van der Waals surface area (Å²) in [6.45, 7) is 5.72. The van der Waals surface area contributed by atoms with Gasteiger partial charge in [0.25, 0.3) is 0 Å². The van der Waals surface area contributed by atoms with Crippen LogP contribution in [0.5, 0.6) is 0 Å². The van der Waals surface area contributed by atoms with Gasteiger partial charge in [0, 0.05) is 12.5 Å². The van der Waals surface area contributed by atoms with Crippen LogP contribution in [0.25, 0.3) is 0 Å². The molecule has 1 aromatic carbocycles. The molecule has 1 unspecified atom stereocenters. The molecule has 0 bridgehead atoms. The van der Waals surface area contributed by atoms with Gasteiger partial charge in [-0.05, 0) is 23.6 Å². The molecular weight excluding hydrogens is 263 g/mol. The van der Waals surface area contributed by atoms with Crippen LogP contribution in [0.4, 0.5) is 10.1 Å². The lowest BCUT2D eigenvalue weighted by molar-refractivity contribution is -0.117. The van der Waals surface area contributed by atoms with Gasteiger partial charge < -0.3 is 16.2 Å². The molecule has 0 spiro atoms. The summed E-state index contributed by atoms with van der Waals surface area (Å²) in [5, 5.41) is 11.4. The molecule has 1 atom stereocenters. The Labute approximate surface area is 117 Å². The molecule has 0 fully saturated rings. The predicted molar refractivity (Wildman–Crippen MR) is 74.0 cm³/mol. The van der Waals surface area contributed by atoms with Crippen molar-refractivity contribution < 1.29 is 19.1 Å². The number of carboxylic acid groups (broad SMARTS) is 1. The number of carboxylic acids is 1. The second kappa shape index (κ2) is 6.00. The first-order valence-corrected chi connectivity index (χ1v) is 6.19. The van der Waals surface area contributed by atoms with Crippen molar-refractivity contribution in [3.05, 3.63) is 29.6 Å². The van der Waals surface area contributed by atoms with Crippen LogP contribution in [0.3, 0.4) is 0 Å². The van der Waals surface area contributed by atoms with Gasteiger partial charge in [-0.1, -0.05) is 20.8 Å². The minimum absolute atomic E-state index is 0.0555. The zero-order chi connectivity index (χ0) is 15.5. The van der Waals surface area contributed by atoms with Crippen LogP contribution in [0.15, 0.2) is 18.2 Å². The average molecular weight is 282 g/mol. The van der Waals surface area contributed by atoms with Crippen molar-refractivity contribution in [3.8, 4) is 0 Å². The Morgan fingerprint density at radius 1 is 1.40 bits per heavy atom. The van der Waals surface area contributed by atoms with Crippen LogP contribution in [0.2, 0.25) is 0 Å². The SMILES string of the molecule is CC(C)(C)C(N)CC(=O)Nc1ccc(F)cc1C(=O)O. The van der Waals surface area contributed by atoms with Crippen molar-refractivity contribution in [2.24, 2.45) is 11.1 Å². The minimum atomic E-state index is -1.31. The molecule has 20 heavy (non-hydrogen) atoms. The molecule has 1 rings (SSSR count). The molecule has 0 saturated carbocycles. The molecule has 0 saturated heterocycles. The van der Waals surface area contributed by atoms with Crippen LogP contribution < -0.4 is 11.1 Å². The maximum absolute atomic E-state index is 13.0. The topological polar surface area (TPSA) is 92.4 Å². The second-order valence-electron chi connectivity index (χ2n) is 5.72. The van der Waals surface area contributed by atoms with Crippen LogP contribution in [0, 0.1) is 11.2 Å². The Morgan fingerprint density at radius 3 is 2.50 bits per heavy atom. The monoisotopic (exact) mass is 282 g/mol. The van der Waals surface area contributed by atoms with Crippen molar-refractivity contribution in [1.29, 1.82) is 0 Å². The molecule has 0 aliphatic carbocycles. The number of hydrogen-bond acceptors (Lipinski definition) is 3. The van der Waals surface area contributed by atoms with Gasteiger partial charge in [-0.2, -0.15) is 0 Å².